The van der Waals surface area contributed by atoms with Gasteiger partial charge in [-0.15, -0.1) is 0 Å². The number of aryl methyl sites for hydroxylation is 2. The Hall–Kier alpha value is -3.72. The highest BCUT2D eigenvalue weighted by atomic mass is 32.2. The number of hydrogen-bond donors (Lipinski definition) is 1. The summed E-state index contributed by atoms with van der Waals surface area (Å²) in [5, 5.41) is 2.62. The molecule has 1 atom stereocenters. The summed E-state index contributed by atoms with van der Waals surface area (Å²) >= 11 is 0. The molecule has 7 nitrogen and oxygen atoms in total. The van der Waals surface area contributed by atoms with Crippen LogP contribution in [0.15, 0.2) is 72.8 Å². The van der Waals surface area contributed by atoms with Crippen molar-refractivity contribution in [3.63, 3.8) is 0 Å². The average Bonchev–Trinajstić information content (AvgIpc) is 2.87. The summed E-state index contributed by atoms with van der Waals surface area (Å²) in [5.41, 5.74) is 3.68. The highest BCUT2D eigenvalue weighted by molar-refractivity contribution is 7.92. The van der Waals surface area contributed by atoms with Crippen LogP contribution in [-0.2, 0) is 32.6 Å². The molecular formula is C28H32FN3O4S. The molecule has 0 radical (unpaired) electrons. The molecule has 0 saturated carbocycles. The molecule has 196 valence electrons. The number of carbonyl (C=O) groups is 2. The van der Waals surface area contributed by atoms with Gasteiger partial charge in [-0.25, -0.2) is 12.8 Å². The van der Waals surface area contributed by atoms with Crippen molar-refractivity contribution < 1.29 is 22.4 Å². The van der Waals surface area contributed by atoms with Gasteiger partial charge in [0.05, 0.1) is 11.9 Å². The van der Waals surface area contributed by atoms with Crippen LogP contribution in [0.1, 0.15) is 22.3 Å². The number of sulfonamides is 1. The minimum atomic E-state index is -3.83. The fourth-order valence-electron chi connectivity index (χ4n) is 4.00. The van der Waals surface area contributed by atoms with Gasteiger partial charge in [-0.1, -0.05) is 48.5 Å². The lowest BCUT2D eigenvalue weighted by Crippen LogP contribution is -2.52. The van der Waals surface area contributed by atoms with E-state index in [9.17, 15) is 22.4 Å². The second-order valence-electron chi connectivity index (χ2n) is 9.01. The lowest BCUT2D eigenvalue weighted by molar-refractivity contribution is -0.139. The second-order valence-corrected chi connectivity index (χ2v) is 10.9. The number of nitrogens with zero attached hydrogens (tertiary/aromatic N) is 2. The van der Waals surface area contributed by atoms with Gasteiger partial charge < -0.3 is 10.2 Å². The quantitative estimate of drug-likeness (QED) is 0.438. The Kier molecular flexibility index (Phi) is 9.04. The van der Waals surface area contributed by atoms with Crippen LogP contribution in [0.4, 0.5) is 10.1 Å². The van der Waals surface area contributed by atoms with Crippen molar-refractivity contribution in [2.75, 3.05) is 24.2 Å². The fraction of sp³-hybridized carbons (Fsp3) is 0.286. The standard InChI is InChI=1S/C28H32FN3O4S/c1-20-10-15-25(16-21(20)2)32(37(4,35)36)19-27(33)31(18-23-11-13-24(29)14-12-23)26(28(34)30-3)17-22-8-6-5-7-9-22/h5-16,26H,17-19H2,1-4H3,(H,30,34). The maximum atomic E-state index is 13.8. The van der Waals surface area contributed by atoms with E-state index in [2.05, 4.69) is 5.32 Å². The molecule has 3 aromatic carbocycles. The minimum Gasteiger partial charge on any atom is -0.357 e. The average molecular weight is 526 g/mol. The third-order valence-electron chi connectivity index (χ3n) is 6.24. The molecule has 0 spiro atoms. The Labute approximate surface area is 218 Å². The number of benzene rings is 3. The smallest absolute Gasteiger partial charge is 0.244 e. The zero-order valence-corrected chi connectivity index (χ0v) is 22.3. The molecule has 0 aliphatic carbocycles. The maximum Gasteiger partial charge on any atom is 0.244 e. The number of amides is 2. The first kappa shape index (κ1) is 27.9. The molecule has 0 fully saturated rings. The minimum absolute atomic E-state index is 0.00540. The van der Waals surface area contributed by atoms with Crippen molar-refractivity contribution in [2.45, 2.75) is 32.9 Å². The summed E-state index contributed by atoms with van der Waals surface area (Å²) < 4.78 is 40.1. The van der Waals surface area contributed by atoms with Gasteiger partial charge in [0, 0.05) is 20.0 Å². The number of rotatable bonds is 10. The van der Waals surface area contributed by atoms with Crippen molar-refractivity contribution in [2.24, 2.45) is 0 Å². The zero-order chi connectivity index (χ0) is 27.2. The van der Waals surface area contributed by atoms with Gasteiger partial charge in [0.15, 0.2) is 0 Å². The Morgan fingerprint density at radius 3 is 2.14 bits per heavy atom. The van der Waals surface area contributed by atoms with Crippen molar-refractivity contribution in [3.8, 4) is 0 Å². The maximum absolute atomic E-state index is 13.8. The van der Waals surface area contributed by atoms with E-state index < -0.39 is 40.2 Å². The molecule has 3 aromatic rings. The first-order valence-corrected chi connectivity index (χ1v) is 13.7. The topological polar surface area (TPSA) is 86.8 Å². The number of anilines is 1. The van der Waals surface area contributed by atoms with Crippen LogP contribution in [0.5, 0.6) is 0 Å². The third-order valence-corrected chi connectivity index (χ3v) is 7.38. The molecule has 0 aliphatic rings. The predicted molar refractivity (Wildman–Crippen MR) is 143 cm³/mol. The van der Waals surface area contributed by atoms with Gasteiger partial charge in [0.25, 0.3) is 0 Å². The van der Waals surface area contributed by atoms with Crippen LogP contribution in [0.25, 0.3) is 0 Å². The van der Waals surface area contributed by atoms with Crippen LogP contribution in [0, 0.1) is 19.7 Å². The van der Waals surface area contributed by atoms with E-state index >= 15 is 0 Å². The Morgan fingerprint density at radius 1 is 0.919 bits per heavy atom. The zero-order valence-electron chi connectivity index (χ0n) is 21.4. The molecule has 0 aliphatic heterocycles. The number of halogens is 1. The summed E-state index contributed by atoms with van der Waals surface area (Å²) in [6.07, 6.45) is 1.26. The van der Waals surface area contributed by atoms with Gasteiger partial charge in [0.1, 0.15) is 18.4 Å². The van der Waals surface area contributed by atoms with Crippen LogP contribution in [-0.4, -0.2) is 51.0 Å². The monoisotopic (exact) mass is 525 g/mol. The van der Waals surface area contributed by atoms with Crippen LogP contribution in [0.3, 0.4) is 0 Å². The Morgan fingerprint density at radius 2 is 1.57 bits per heavy atom. The van der Waals surface area contributed by atoms with Crippen LogP contribution in [0.2, 0.25) is 0 Å². The first-order chi connectivity index (χ1) is 17.5. The summed E-state index contributed by atoms with van der Waals surface area (Å²) in [6, 6.07) is 19.1. The van der Waals surface area contributed by atoms with E-state index in [0.717, 1.165) is 27.3 Å². The molecule has 3 rings (SSSR count). The lowest BCUT2D eigenvalue weighted by Gasteiger charge is -2.33. The molecule has 37 heavy (non-hydrogen) atoms. The van der Waals surface area contributed by atoms with Crippen molar-refractivity contribution in [3.05, 3.63) is 101 Å². The van der Waals surface area contributed by atoms with Gasteiger partial charge in [0.2, 0.25) is 21.8 Å². The molecule has 0 aromatic heterocycles. The Bertz CT molecular complexity index is 1350. The molecule has 0 heterocycles. The number of hydrogen-bond acceptors (Lipinski definition) is 4. The number of carbonyl (C=O) groups excluding carboxylic acids is 2. The molecular weight excluding hydrogens is 493 g/mol. The SMILES string of the molecule is CNC(=O)C(Cc1ccccc1)N(Cc1ccc(F)cc1)C(=O)CN(c1ccc(C)c(C)c1)S(C)(=O)=O. The molecule has 2 amide bonds. The van der Waals surface area contributed by atoms with Gasteiger partial charge in [-0.3, -0.25) is 13.9 Å². The lowest BCUT2D eigenvalue weighted by atomic mass is 10.0. The van der Waals surface area contributed by atoms with E-state index in [0.29, 0.717) is 11.3 Å². The van der Waals surface area contributed by atoms with E-state index in [1.807, 2.05) is 44.2 Å². The summed E-state index contributed by atoms with van der Waals surface area (Å²) in [5.74, 6) is -1.37. The molecule has 9 heteroatoms. The molecule has 1 unspecified atom stereocenters. The van der Waals surface area contributed by atoms with Crippen LogP contribution < -0.4 is 9.62 Å². The van der Waals surface area contributed by atoms with E-state index in [4.69, 9.17) is 0 Å². The van der Waals surface area contributed by atoms with Gasteiger partial charge in [-0.2, -0.15) is 0 Å². The van der Waals surface area contributed by atoms with Gasteiger partial charge in [-0.05, 0) is 60.4 Å². The molecule has 0 bridgehead atoms. The molecule has 1 N–H and O–H groups in total. The summed E-state index contributed by atoms with van der Waals surface area (Å²) in [7, 11) is -2.34. The number of nitrogens with one attached hydrogen (secondary N) is 1. The highest BCUT2D eigenvalue weighted by Gasteiger charge is 2.32. The second kappa shape index (κ2) is 12.0. The van der Waals surface area contributed by atoms with Crippen molar-refractivity contribution in [1.29, 1.82) is 0 Å². The van der Waals surface area contributed by atoms with E-state index in [1.165, 1.54) is 36.2 Å². The van der Waals surface area contributed by atoms with Crippen LogP contribution >= 0.6 is 0 Å². The predicted octanol–water partition coefficient (Wildman–Crippen LogP) is 3.59. The normalized spacial score (nSPS) is 12.0. The fourth-order valence-corrected chi connectivity index (χ4v) is 4.84. The third kappa shape index (κ3) is 7.39. The number of likely N-dealkylation sites (N-methyl/N-ethyl adjacent to an activating group) is 1. The highest BCUT2D eigenvalue weighted by Crippen LogP contribution is 2.23. The van der Waals surface area contributed by atoms with E-state index in [1.54, 1.807) is 18.2 Å². The summed E-state index contributed by atoms with van der Waals surface area (Å²) in [4.78, 5) is 28.2. The Balaban J connectivity index is 2.03. The van der Waals surface area contributed by atoms with E-state index in [-0.39, 0.29) is 13.0 Å². The molecule has 0 saturated heterocycles. The van der Waals surface area contributed by atoms with Gasteiger partial charge >= 0.3 is 0 Å². The van der Waals surface area contributed by atoms with Crippen molar-refractivity contribution >= 4 is 27.5 Å². The first-order valence-electron chi connectivity index (χ1n) is 11.8. The van der Waals surface area contributed by atoms with Crippen molar-refractivity contribution in [1.82, 2.24) is 10.2 Å². The summed E-state index contributed by atoms with van der Waals surface area (Å²) in [6.45, 7) is 3.28. The largest absolute Gasteiger partial charge is 0.357 e.